The quantitative estimate of drug-likeness (QED) is 0.228. The van der Waals surface area contributed by atoms with Crippen LogP contribution in [0.15, 0.2) is 30.4 Å². The first-order valence-electron chi connectivity index (χ1n) is 11.8. The average Bonchev–Trinajstić information content (AvgIpc) is 2.79. The van der Waals surface area contributed by atoms with Gasteiger partial charge in [-0.05, 0) is 67.2 Å². The van der Waals surface area contributed by atoms with E-state index in [2.05, 4.69) is 38.6 Å². The Morgan fingerprint density at radius 2 is 1.90 bits per heavy atom. The molecule has 30 heavy (non-hydrogen) atoms. The second-order valence-corrected chi connectivity index (χ2v) is 8.53. The maximum absolute atomic E-state index is 9.13. The van der Waals surface area contributed by atoms with Gasteiger partial charge in [0.1, 0.15) is 12.4 Å². The Labute approximate surface area is 183 Å². The maximum Gasteiger partial charge on any atom is 0.181 e. The van der Waals surface area contributed by atoms with Crippen molar-refractivity contribution in [1.82, 2.24) is 0 Å². The third-order valence-corrected chi connectivity index (χ3v) is 6.37. The number of aryl methyl sites for hydroxylation is 1. The van der Waals surface area contributed by atoms with Gasteiger partial charge in [0.2, 0.25) is 0 Å². The zero-order valence-corrected chi connectivity index (χ0v) is 19.3. The highest BCUT2D eigenvalue weighted by molar-refractivity contribution is 5.38. The lowest BCUT2D eigenvalue weighted by Gasteiger charge is -2.30. The second-order valence-electron chi connectivity index (χ2n) is 8.53. The van der Waals surface area contributed by atoms with E-state index in [9.17, 15) is 0 Å². The van der Waals surface area contributed by atoms with E-state index in [0.29, 0.717) is 24.7 Å². The van der Waals surface area contributed by atoms with Gasteiger partial charge >= 0.3 is 0 Å². The first kappa shape index (κ1) is 24.9. The SMILES string of the molecule is C=C(CO)C(OC)OCCOc1ccc(C2CCC(CCCCC)CC2)c(CC)c1. The molecule has 0 heterocycles. The zero-order valence-electron chi connectivity index (χ0n) is 19.3. The van der Waals surface area contributed by atoms with Crippen LogP contribution in [0.4, 0.5) is 0 Å². The van der Waals surface area contributed by atoms with E-state index in [1.54, 1.807) is 0 Å². The highest BCUT2D eigenvalue weighted by atomic mass is 16.7. The van der Waals surface area contributed by atoms with Crippen molar-refractivity contribution in [3.8, 4) is 5.75 Å². The van der Waals surface area contributed by atoms with Crippen LogP contribution in [0.2, 0.25) is 0 Å². The molecule has 0 spiro atoms. The van der Waals surface area contributed by atoms with Gasteiger partial charge in [0, 0.05) is 12.7 Å². The van der Waals surface area contributed by atoms with Crippen LogP contribution in [-0.2, 0) is 15.9 Å². The van der Waals surface area contributed by atoms with Crippen LogP contribution in [0.1, 0.15) is 82.3 Å². The van der Waals surface area contributed by atoms with Gasteiger partial charge in [-0.1, -0.05) is 52.2 Å². The molecular formula is C26H42O4. The highest BCUT2D eigenvalue weighted by Crippen LogP contribution is 2.39. The molecule has 0 bridgehead atoms. The molecular weight excluding hydrogens is 376 g/mol. The minimum atomic E-state index is -0.593. The summed E-state index contributed by atoms with van der Waals surface area (Å²) in [4.78, 5) is 0. The third-order valence-electron chi connectivity index (χ3n) is 6.37. The molecule has 1 atom stereocenters. The van der Waals surface area contributed by atoms with Gasteiger partial charge in [-0.2, -0.15) is 0 Å². The molecule has 1 aromatic carbocycles. The first-order chi connectivity index (χ1) is 14.6. The summed E-state index contributed by atoms with van der Waals surface area (Å²) in [6.07, 6.45) is 11.4. The molecule has 2 rings (SSSR count). The Balaban J connectivity index is 1.83. The number of benzene rings is 1. The highest BCUT2D eigenvalue weighted by Gasteiger charge is 2.23. The Bertz CT molecular complexity index is 619. The van der Waals surface area contributed by atoms with E-state index >= 15 is 0 Å². The number of hydrogen-bond donors (Lipinski definition) is 1. The smallest absolute Gasteiger partial charge is 0.181 e. The van der Waals surface area contributed by atoms with Crippen LogP contribution in [0.3, 0.4) is 0 Å². The lowest BCUT2D eigenvalue weighted by molar-refractivity contribution is -0.107. The van der Waals surface area contributed by atoms with E-state index < -0.39 is 6.29 Å². The normalized spacial score (nSPS) is 20.1. The summed E-state index contributed by atoms with van der Waals surface area (Å²) in [7, 11) is 1.54. The summed E-state index contributed by atoms with van der Waals surface area (Å²) >= 11 is 0. The molecule has 1 aliphatic rings. The summed E-state index contributed by atoms with van der Waals surface area (Å²) < 4.78 is 16.6. The number of rotatable bonds is 14. The number of methoxy groups -OCH3 is 1. The Morgan fingerprint density at radius 1 is 1.13 bits per heavy atom. The van der Waals surface area contributed by atoms with Crippen LogP contribution >= 0.6 is 0 Å². The van der Waals surface area contributed by atoms with E-state index in [4.69, 9.17) is 19.3 Å². The van der Waals surface area contributed by atoms with Crippen molar-refractivity contribution < 1.29 is 19.3 Å². The Kier molecular flexibility index (Phi) is 11.5. The molecule has 1 aromatic rings. The molecule has 1 saturated carbocycles. The van der Waals surface area contributed by atoms with Crippen molar-refractivity contribution in [2.75, 3.05) is 26.9 Å². The molecule has 0 radical (unpaired) electrons. The van der Waals surface area contributed by atoms with Crippen molar-refractivity contribution in [1.29, 1.82) is 0 Å². The van der Waals surface area contributed by atoms with Crippen LogP contribution < -0.4 is 4.74 Å². The number of ether oxygens (including phenoxy) is 3. The number of aliphatic hydroxyl groups excluding tert-OH is 1. The fraction of sp³-hybridized carbons (Fsp3) is 0.692. The summed E-state index contributed by atoms with van der Waals surface area (Å²) in [6.45, 7) is 8.91. The van der Waals surface area contributed by atoms with Crippen molar-refractivity contribution in [3.05, 3.63) is 41.5 Å². The molecule has 0 aliphatic heterocycles. The molecule has 1 fully saturated rings. The Morgan fingerprint density at radius 3 is 2.53 bits per heavy atom. The average molecular weight is 419 g/mol. The van der Waals surface area contributed by atoms with Gasteiger partial charge in [0.25, 0.3) is 0 Å². The molecule has 0 aromatic heterocycles. The van der Waals surface area contributed by atoms with Crippen molar-refractivity contribution in [2.45, 2.75) is 83.8 Å². The fourth-order valence-electron chi connectivity index (χ4n) is 4.56. The molecule has 1 aliphatic carbocycles. The Hall–Kier alpha value is -1.36. The van der Waals surface area contributed by atoms with Crippen LogP contribution in [0.25, 0.3) is 0 Å². The predicted octanol–water partition coefficient (Wildman–Crippen LogP) is 6.02. The topological polar surface area (TPSA) is 47.9 Å². The van der Waals surface area contributed by atoms with E-state index in [1.165, 1.54) is 69.6 Å². The third kappa shape index (κ3) is 7.72. The summed E-state index contributed by atoms with van der Waals surface area (Å²) in [6, 6.07) is 6.58. The molecule has 4 heteroatoms. The standard InChI is InChI=1S/C26H42O4/c1-5-7-8-9-21-10-12-23(13-11-21)25-15-14-24(18-22(25)6-2)29-16-17-30-26(28-4)20(3)19-27/h14-15,18,21,23,26-27H,3,5-13,16-17,19H2,1-2,4H3. The zero-order chi connectivity index (χ0) is 21.8. The minimum absolute atomic E-state index is 0.151. The summed E-state index contributed by atoms with van der Waals surface area (Å²) in [5.74, 6) is 2.53. The van der Waals surface area contributed by atoms with Gasteiger partial charge in [-0.3, -0.25) is 0 Å². The van der Waals surface area contributed by atoms with Crippen molar-refractivity contribution in [3.63, 3.8) is 0 Å². The van der Waals surface area contributed by atoms with Gasteiger partial charge in [-0.25, -0.2) is 0 Å². The van der Waals surface area contributed by atoms with Gasteiger partial charge in [0.05, 0.1) is 13.2 Å². The van der Waals surface area contributed by atoms with E-state index in [1.807, 2.05) is 0 Å². The van der Waals surface area contributed by atoms with E-state index in [-0.39, 0.29) is 6.61 Å². The first-order valence-corrected chi connectivity index (χ1v) is 11.8. The number of hydrogen-bond acceptors (Lipinski definition) is 4. The number of unbranched alkanes of at least 4 members (excludes halogenated alkanes) is 2. The van der Waals surface area contributed by atoms with Crippen molar-refractivity contribution >= 4 is 0 Å². The monoisotopic (exact) mass is 418 g/mol. The lowest BCUT2D eigenvalue weighted by atomic mass is 9.75. The summed E-state index contributed by atoms with van der Waals surface area (Å²) in [5, 5.41) is 9.13. The lowest BCUT2D eigenvalue weighted by Crippen LogP contribution is -2.22. The molecule has 0 amide bonds. The number of aliphatic hydroxyl groups is 1. The van der Waals surface area contributed by atoms with Gasteiger partial charge in [0.15, 0.2) is 6.29 Å². The van der Waals surface area contributed by atoms with Crippen molar-refractivity contribution in [2.24, 2.45) is 5.92 Å². The van der Waals surface area contributed by atoms with E-state index in [0.717, 1.165) is 18.1 Å². The van der Waals surface area contributed by atoms with Crippen LogP contribution in [-0.4, -0.2) is 38.3 Å². The predicted molar refractivity (Wildman–Crippen MR) is 123 cm³/mol. The second kappa shape index (κ2) is 13.8. The van der Waals surface area contributed by atoms with Gasteiger partial charge in [-0.15, -0.1) is 0 Å². The largest absolute Gasteiger partial charge is 0.491 e. The molecule has 1 N–H and O–H groups in total. The van der Waals surface area contributed by atoms with Gasteiger partial charge < -0.3 is 19.3 Å². The molecule has 1 unspecified atom stereocenters. The molecule has 4 nitrogen and oxygen atoms in total. The molecule has 170 valence electrons. The molecule has 0 saturated heterocycles. The fourth-order valence-corrected chi connectivity index (χ4v) is 4.56. The van der Waals surface area contributed by atoms with Crippen LogP contribution in [0, 0.1) is 5.92 Å². The summed E-state index contributed by atoms with van der Waals surface area (Å²) in [5.41, 5.74) is 3.44. The minimum Gasteiger partial charge on any atom is -0.491 e. The maximum atomic E-state index is 9.13. The van der Waals surface area contributed by atoms with Crippen LogP contribution in [0.5, 0.6) is 5.75 Å².